The van der Waals surface area contributed by atoms with Gasteiger partial charge >= 0.3 is 0 Å². The average Bonchev–Trinajstić information content (AvgIpc) is 2.16. The number of hydrogen-bond acceptors (Lipinski definition) is 5. The number of rotatable bonds is 3. The summed E-state index contributed by atoms with van der Waals surface area (Å²) >= 11 is -4.87. The molecule has 2 atom stereocenters. The predicted octanol–water partition coefficient (Wildman–Crippen LogP) is 0.204. The van der Waals surface area contributed by atoms with E-state index in [4.69, 9.17) is 0 Å². The van der Waals surface area contributed by atoms with Gasteiger partial charge in [0.05, 0.1) is 0 Å². The van der Waals surface area contributed by atoms with Crippen LogP contribution in [0, 0.1) is 0 Å². The van der Waals surface area contributed by atoms with Gasteiger partial charge in [0.2, 0.25) is 0 Å². The van der Waals surface area contributed by atoms with Gasteiger partial charge in [-0.25, -0.2) is 0 Å². The summed E-state index contributed by atoms with van der Waals surface area (Å²) in [6.07, 6.45) is 0. The lowest BCUT2D eigenvalue weighted by molar-refractivity contribution is 0.535. The Morgan fingerprint density at radius 1 is 1.21 bits per heavy atom. The van der Waals surface area contributed by atoms with Crippen LogP contribution in [0.1, 0.15) is 0 Å². The first-order chi connectivity index (χ1) is 6.56. The van der Waals surface area contributed by atoms with E-state index in [0.717, 1.165) is 6.07 Å². The molecule has 1 aromatic rings. The Morgan fingerprint density at radius 2 is 1.86 bits per heavy atom. The Bertz CT molecular complexity index is 393. The van der Waals surface area contributed by atoms with Crippen LogP contribution in [-0.2, 0) is 22.2 Å². The number of nitrogens with one attached hydrogen (secondary N) is 1. The maximum Gasteiger partial charge on any atom is 0.0491 e. The lowest BCUT2D eigenvalue weighted by Crippen LogP contribution is -2.00. The van der Waals surface area contributed by atoms with Crippen LogP contribution in [0.25, 0.3) is 0 Å². The highest BCUT2D eigenvalue weighted by molar-refractivity contribution is 7.80. The third kappa shape index (κ3) is 2.38. The lowest BCUT2D eigenvalue weighted by atomic mass is 10.3. The van der Waals surface area contributed by atoms with Crippen molar-refractivity contribution in [3.63, 3.8) is 0 Å². The molecule has 0 aromatic heterocycles. The molecule has 0 spiro atoms. The van der Waals surface area contributed by atoms with Gasteiger partial charge in [0, 0.05) is 22.5 Å². The van der Waals surface area contributed by atoms with Crippen molar-refractivity contribution in [1.82, 2.24) is 0 Å². The van der Waals surface area contributed by atoms with E-state index in [9.17, 15) is 17.5 Å². The van der Waals surface area contributed by atoms with Crippen molar-refractivity contribution >= 4 is 27.8 Å². The molecular formula is C7H7NO4S2-2. The fourth-order valence-electron chi connectivity index (χ4n) is 0.951. The van der Waals surface area contributed by atoms with E-state index >= 15 is 0 Å². The van der Waals surface area contributed by atoms with Gasteiger partial charge in [-0.05, 0) is 40.4 Å². The third-order valence-electron chi connectivity index (χ3n) is 1.59. The quantitative estimate of drug-likeness (QED) is 0.753. The molecule has 7 heteroatoms. The Balaban J connectivity index is 3.27. The molecule has 1 N–H and O–H groups in total. The van der Waals surface area contributed by atoms with Crippen molar-refractivity contribution in [2.24, 2.45) is 0 Å². The second kappa shape index (κ2) is 4.65. The van der Waals surface area contributed by atoms with Crippen LogP contribution in [0.3, 0.4) is 0 Å². The molecular weight excluding hydrogens is 226 g/mol. The maximum absolute atomic E-state index is 10.7. The molecule has 0 amide bonds. The molecule has 78 valence electrons. The minimum absolute atomic E-state index is 0.0526. The lowest BCUT2D eigenvalue weighted by Gasteiger charge is -2.14. The largest absolute Gasteiger partial charge is 0.768 e. The Kier molecular flexibility index (Phi) is 3.76. The molecule has 5 nitrogen and oxygen atoms in total. The third-order valence-corrected chi connectivity index (χ3v) is 2.93. The Hall–Kier alpha value is -0.760. The number of benzene rings is 1. The average molecular weight is 233 g/mol. The van der Waals surface area contributed by atoms with E-state index < -0.39 is 22.2 Å². The molecule has 0 saturated carbocycles. The van der Waals surface area contributed by atoms with Gasteiger partial charge in [-0.1, -0.05) is 0 Å². The summed E-state index contributed by atoms with van der Waals surface area (Å²) in [4.78, 5) is -0.114. The topological polar surface area (TPSA) is 92.3 Å². The van der Waals surface area contributed by atoms with Crippen molar-refractivity contribution in [1.29, 1.82) is 0 Å². The van der Waals surface area contributed by atoms with Gasteiger partial charge in [0.1, 0.15) is 0 Å². The van der Waals surface area contributed by atoms with Crippen molar-refractivity contribution in [2.75, 3.05) is 12.4 Å². The molecule has 0 aliphatic heterocycles. The van der Waals surface area contributed by atoms with E-state index in [1.807, 2.05) is 0 Å². The van der Waals surface area contributed by atoms with Crippen LogP contribution >= 0.6 is 0 Å². The van der Waals surface area contributed by atoms with E-state index in [1.54, 1.807) is 7.05 Å². The Morgan fingerprint density at radius 3 is 2.29 bits per heavy atom. The van der Waals surface area contributed by atoms with E-state index in [-0.39, 0.29) is 9.79 Å². The summed E-state index contributed by atoms with van der Waals surface area (Å²) < 4.78 is 42.5. The molecule has 0 radical (unpaired) electrons. The molecule has 2 unspecified atom stereocenters. The molecule has 0 aliphatic rings. The van der Waals surface area contributed by atoms with Gasteiger partial charge in [-0.2, -0.15) is 0 Å². The van der Waals surface area contributed by atoms with Gasteiger partial charge in [0.25, 0.3) is 0 Å². The zero-order valence-electron chi connectivity index (χ0n) is 7.18. The first-order valence-corrected chi connectivity index (χ1v) is 5.71. The zero-order valence-corrected chi connectivity index (χ0v) is 8.81. The number of anilines is 1. The van der Waals surface area contributed by atoms with Crippen molar-refractivity contribution in [3.8, 4) is 0 Å². The zero-order chi connectivity index (χ0) is 10.7. The molecule has 14 heavy (non-hydrogen) atoms. The highest BCUT2D eigenvalue weighted by Crippen LogP contribution is 2.21. The minimum Gasteiger partial charge on any atom is -0.768 e. The summed E-state index contributed by atoms with van der Waals surface area (Å²) in [7, 11) is 1.56. The maximum atomic E-state index is 10.7. The second-order valence-electron chi connectivity index (χ2n) is 2.38. The number of hydrogen-bond donors (Lipinski definition) is 1. The predicted molar refractivity (Wildman–Crippen MR) is 50.4 cm³/mol. The molecule has 0 aliphatic carbocycles. The van der Waals surface area contributed by atoms with Crippen LogP contribution in [0.2, 0.25) is 0 Å². The highest BCUT2D eigenvalue weighted by atomic mass is 32.2. The van der Waals surface area contributed by atoms with Gasteiger partial charge < -0.3 is 14.4 Å². The van der Waals surface area contributed by atoms with Crippen LogP contribution in [-0.4, -0.2) is 24.6 Å². The minimum atomic E-state index is -2.45. The van der Waals surface area contributed by atoms with Gasteiger partial charge in [-0.15, -0.1) is 0 Å². The van der Waals surface area contributed by atoms with E-state index in [2.05, 4.69) is 5.32 Å². The summed E-state index contributed by atoms with van der Waals surface area (Å²) in [6, 6.07) is 3.82. The van der Waals surface area contributed by atoms with Crippen molar-refractivity contribution in [2.45, 2.75) is 9.79 Å². The van der Waals surface area contributed by atoms with Crippen LogP contribution in [0.15, 0.2) is 28.0 Å². The van der Waals surface area contributed by atoms with Gasteiger partial charge in [0.15, 0.2) is 0 Å². The first-order valence-electron chi connectivity index (χ1n) is 3.56. The Labute approximate surface area is 86.1 Å². The van der Waals surface area contributed by atoms with Crippen molar-refractivity contribution < 1.29 is 17.5 Å². The summed E-state index contributed by atoms with van der Waals surface area (Å²) in [6.45, 7) is 0. The summed E-state index contributed by atoms with van der Waals surface area (Å²) in [5.41, 5.74) is 0.368. The summed E-state index contributed by atoms with van der Waals surface area (Å²) in [5, 5.41) is 2.65. The molecule has 0 heterocycles. The van der Waals surface area contributed by atoms with Crippen LogP contribution in [0.4, 0.5) is 5.69 Å². The highest BCUT2D eigenvalue weighted by Gasteiger charge is 2.03. The van der Waals surface area contributed by atoms with E-state index in [0.29, 0.717) is 5.69 Å². The van der Waals surface area contributed by atoms with Crippen LogP contribution in [0.5, 0.6) is 0 Å². The first kappa shape index (κ1) is 11.3. The molecule has 0 fully saturated rings. The fraction of sp³-hybridized carbons (Fsp3) is 0.143. The normalized spacial score (nSPS) is 14.8. The van der Waals surface area contributed by atoms with Crippen LogP contribution < -0.4 is 5.32 Å². The smallest absolute Gasteiger partial charge is 0.0491 e. The van der Waals surface area contributed by atoms with Gasteiger partial charge in [-0.3, -0.25) is 8.42 Å². The molecule has 0 saturated heterocycles. The van der Waals surface area contributed by atoms with E-state index in [1.165, 1.54) is 12.1 Å². The fourth-order valence-corrected chi connectivity index (χ4v) is 1.99. The molecule has 1 aromatic carbocycles. The van der Waals surface area contributed by atoms with Crippen molar-refractivity contribution in [3.05, 3.63) is 18.2 Å². The molecule has 1 rings (SSSR count). The standard InChI is InChI=1S/C7H9NO4S2/c1-8-6-3-2-5(13(9)10)4-7(6)14(11)12/h2-4,8H,1H3,(H,9,10)(H,11,12)/p-2. The summed E-state index contributed by atoms with van der Waals surface area (Å²) in [5.74, 6) is 0. The monoisotopic (exact) mass is 233 g/mol. The second-order valence-corrected chi connectivity index (χ2v) is 4.23. The SMILES string of the molecule is CNc1ccc(S(=O)[O-])cc1S(=O)[O-]. The molecule has 0 bridgehead atoms.